The summed E-state index contributed by atoms with van der Waals surface area (Å²) in [6, 6.07) is 9.97. The number of carbonyl (C=O) groups is 1. The van der Waals surface area contributed by atoms with Crippen molar-refractivity contribution in [2.24, 2.45) is 7.05 Å². The summed E-state index contributed by atoms with van der Waals surface area (Å²) in [5, 5.41) is 0.0786. The Morgan fingerprint density at radius 1 is 1.10 bits per heavy atom. The highest BCUT2D eigenvalue weighted by Gasteiger charge is 2.37. The standard InChI is InChI=1S/C22H30N4O4S/c1-24-16-21(23-17-24)31(28,29)25-11-7-19(8-12-25)26(20-9-13-30-14-10-20)22(27)15-18-5-3-2-4-6-18/h2-6,16-17,19-20H,7-15H2,1H3. The summed E-state index contributed by atoms with van der Waals surface area (Å²) in [6.45, 7) is 2.10. The summed E-state index contributed by atoms with van der Waals surface area (Å²) in [7, 11) is -1.85. The molecule has 8 nitrogen and oxygen atoms in total. The maximum absolute atomic E-state index is 13.4. The van der Waals surface area contributed by atoms with Crippen LogP contribution in [0.15, 0.2) is 47.9 Å². The quantitative estimate of drug-likeness (QED) is 0.676. The molecule has 1 aromatic carbocycles. The molecular formula is C22H30N4O4S. The zero-order chi connectivity index (χ0) is 21.8. The monoisotopic (exact) mass is 446 g/mol. The van der Waals surface area contributed by atoms with E-state index in [1.807, 2.05) is 35.2 Å². The van der Waals surface area contributed by atoms with Gasteiger partial charge in [0.1, 0.15) is 0 Å². The highest BCUT2D eigenvalue weighted by molar-refractivity contribution is 7.89. The van der Waals surface area contributed by atoms with Gasteiger partial charge < -0.3 is 14.2 Å². The first-order valence-electron chi connectivity index (χ1n) is 10.9. The molecule has 31 heavy (non-hydrogen) atoms. The van der Waals surface area contributed by atoms with Crippen LogP contribution >= 0.6 is 0 Å². The normalized spacial score (nSPS) is 19.4. The summed E-state index contributed by atoms with van der Waals surface area (Å²) >= 11 is 0. The van der Waals surface area contributed by atoms with Gasteiger partial charge in [-0.05, 0) is 31.2 Å². The Morgan fingerprint density at radius 3 is 2.35 bits per heavy atom. The number of rotatable bonds is 6. The summed E-state index contributed by atoms with van der Waals surface area (Å²) in [6.07, 6.45) is 6.30. The van der Waals surface area contributed by atoms with Gasteiger partial charge in [-0.15, -0.1) is 0 Å². The molecule has 9 heteroatoms. The summed E-state index contributed by atoms with van der Waals surface area (Å²) in [5.74, 6) is 0.115. The van der Waals surface area contributed by atoms with E-state index in [0.29, 0.717) is 45.6 Å². The van der Waals surface area contributed by atoms with Gasteiger partial charge in [0.05, 0.1) is 12.7 Å². The van der Waals surface area contributed by atoms with Gasteiger partial charge in [0.2, 0.25) is 5.91 Å². The molecule has 4 rings (SSSR count). The number of sulfonamides is 1. The van der Waals surface area contributed by atoms with E-state index in [1.165, 1.54) is 16.8 Å². The Bertz CT molecular complexity index is 978. The first-order valence-corrected chi connectivity index (χ1v) is 12.3. The Balaban J connectivity index is 1.47. The molecule has 0 atom stereocenters. The molecule has 0 unspecified atom stereocenters. The minimum atomic E-state index is -3.61. The fourth-order valence-electron chi connectivity index (χ4n) is 4.55. The van der Waals surface area contributed by atoms with E-state index >= 15 is 0 Å². The van der Waals surface area contributed by atoms with Crippen LogP contribution < -0.4 is 0 Å². The molecular weight excluding hydrogens is 416 g/mol. The molecule has 0 spiro atoms. The van der Waals surface area contributed by atoms with Crippen molar-refractivity contribution in [3.05, 3.63) is 48.4 Å². The van der Waals surface area contributed by atoms with Crippen LogP contribution in [0.25, 0.3) is 0 Å². The van der Waals surface area contributed by atoms with Gasteiger partial charge in [0, 0.05) is 51.6 Å². The van der Waals surface area contributed by atoms with Crippen molar-refractivity contribution in [2.75, 3.05) is 26.3 Å². The second kappa shape index (κ2) is 9.50. The number of ether oxygens (including phenoxy) is 1. The number of amides is 1. The van der Waals surface area contributed by atoms with Crippen LogP contribution in [0, 0.1) is 0 Å². The minimum Gasteiger partial charge on any atom is -0.381 e. The molecule has 0 N–H and O–H groups in total. The lowest BCUT2D eigenvalue weighted by Gasteiger charge is -2.43. The largest absolute Gasteiger partial charge is 0.381 e. The Kier molecular flexibility index (Phi) is 6.74. The molecule has 2 aromatic rings. The van der Waals surface area contributed by atoms with Gasteiger partial charge in [-0.2, -0.15) is 4.31 Å². The highest BCUT2D eigenvalue weighted by Crippen LogP contribution is 2.27. The zero-order valence-electron chi connectivity index (χ0n) is 17.9. The zero-order valence-corrected chi connectivity index (χ0v) is 18.7. The first-order chi connectivity index (χ1) is 14.9. The lowest BCUT2D eigenvalue weighted by molar-refractivity contribution is -0.138. The second-order valence-corrected chi connectivity index (χ2v) is 10.2. The van der Waals surface area contributed by atoms with E-state index in [4.69, 9.17) is 4.74 Å². The molecule has 2 aliphatic heterocycles. The van der Waals surface area contributed by atoms with Crippen LogP contribution in [-0.4, -0.2) is 71.5 Å². The lowest BCUT2D eigenvalue weighted by atomic mass is 9.97. The van der Waals surface area contributed by atoms with Gasteiger partial charge >= 0.3 is 0 Å². The number of benzene rings is 1. The van der Waals surface area contributed by atoms with Crippen LogP contribution in [0.4, 0.5) is 0 Å². The van der Waals surface area contributed by atoms with Crippen molar-refractivity contribution < 1.29 is 17.9 Å². The molecule has 0 saturated carbocycles. The topological polar surface area (TPSA) is 84.7 Å². The maximum atomic E-state index is 13.4. The Morgan fingerprint density at radius 2 is 1.74 bits per heavy atom. The molecule has 0 aliphatic carbocycles. The number of aromatic nitrogens is 2. The maximum Gasteiger partial charge on any atom is 0.262 e. The van der Waals surface area contributed by atoms with Crippen molar-refractivity contribution in [1.82, 2.24) is 18.8 Å². The molecule has 0 radical (unpaired) electrons. The smallest absolute Gasteiger partial charge is 0.262 e. The van der Waals surface area contributed by atoms with Crippen LogP contribution in [0.3, 0.4) is 0 Å². The fourth-order valence-corrected chi connectivity index (χ4v) is 5.98. The van der Waals surface area contributed by atoms with Crippen molar-refractivity contribution in [2.45, 2.75) is 49.2 Å². The summed E-state index contributed by atoms with van der Waals surface area (Å²) in [4.78, 5) is 19.4. The van der Waals surface area contributed by atoms with E-state index in [2.05, 4.69) is 4.98 Å². The number of carbonyl (C=O) groups excluding carboxylic acids is 1. The van der Waals surface area contributed by atoms with Crippen molar-refractivity contribution in [1.29, 1.82) is 0 Å². The number of hydrogen-bond acceptors (Lipinski definition) is 5. The van der Waals surface area contributed by atoms with E-state index in [-0.39, 0.29) is 23.0 Å². The number of nitrogens with zero attached hydrogens (tertiary/aromatic N) is 4. The summed E-state index contributed by atoms with van der Waals surface area (Å²) in [5.41, 5.74) is 1.000. The Labute approximate surface area is 183 Å². The average molecular weight is 447 g/mol. The first kappa shape index (κ1) is 22.0. The molecule has 3 heterocycles. The Hall–Kier alpha value is -2.23. The van der Waals surface area contributed by atoms with Crippen molar-refractivity contribution >= 4 is 15.9 Å². The van der Waals surface area contributed by atoms with Crippen LogP contribution in [-0.2, 0) is 33.0 Å². The van der Waals surface area contributed by atoms with E-state index in [9.17, 15) is 13.2 Å². The minimum absolute atomic E-state index is 0.0366. The van der Waals surface area contributed by atoms with Gasteiger partial charge in [-0.25, -0.2) is 13.4 Å². The van der Waals surface area contributed by atoms with Crippen molar-refractivity contribution in [3.8, 4) is 0 Å². The van der Waals surface area contributed by atoms with Crippen LogP contribution in [0.1, 0.15) is 31.2 Å². The van der Waals surface area contributed by atoms with E-state index in [0.717, 1.165) is 18.4 Å². The average Bonchev–Trinajstić information content (AvgIpc) is 3.23. The molecule has 2 saturated heterocycles. The predicted molar refractivity (Wildman–Crippen MR) is 116 cm³/mol. The molecule has 168 valence electrons. The molecule has 1 amide bonds. The fraction of sp³-hybridized carbons (Fsp3) is 0.545. The predicted octanol–water partition coefficient (Wildman–Crippen LogP) is 1.82. The number of piperidine rings is 1. The molecule has 1 aromatic heterocycles. The highest BCUT2D eigenvalue weighted by atomic mass is 32.2. The number of imidazole rings is 1. The van der Waals surface area contributed by atoms with Gasteiger partial charge in [0.25, 0.3) is 10.0 Å². The molecule has 0 bridgehead atoms. The van der Waals surface area contributed by atoms with Crippen LogP contribution in [0.2, 0.25) is 0 Å². The SMILES string of the molecule is Cn1cnc(S(=O)(=O)N2CCC(N(C(=O)Cc3ccccc3)C3CCOCC3)CC2)c1. The van der Waals surface area contributed by atoms with Gasteiger partial charge in [-0.3, -0.25) is 4.79 Å². The third kappa shape index (κ3) is 4.99. The number of aryl methyl sites for hydroxylation is 1. The third-order valence-corrected chi connectivity index (χ3v) is 7.96. The van der Waals surface area contributed by atoms with E-state index in [1.54, 1.807) is 11.6 Å². The summed E-state index contributed by atoms with van der Waals surface area (Å²) < 4.78 is 34.5. The van der Waals surface area contributed by atoms with Gasteiger partial charge in [-0.1, -0.05) is 30.3 Å². The third-order valence-electron chi connectivity index (χ3n) is 6.17. The lowest BCUT2D eigenvalue weighted by Crippen LogP contribution is -2.54. The molecule has 2 aliphatic rings. The van der Waals surface area contributed by atoms with Crippen LogP contribution in [0.5, 0.6) is 0 Å². The second-order valence-electron chi connectivity index (χ2n) is 8.32. The number of hydrogen-bond donors (Lipinski definition) is 0. The van der Waals surface area contributed by atoms with Gasteiger partial charge in [0.15, 0.2) is 5.03 Å². The molecule has 2 fully saturated rings. The van der Waals surface area contributed by atoms with E-state index < -0.39 is 10.0 Å². The van der Waals surface area contributed by atoms with Crippen molar-refractivity contribution in [3.63, 3.8) is 0 Å².